The van der Waals surface area contributed by atoms with Gasteiger partial charge in [0.05, 0.1) is 19.8 Å². The third-order valence-electron chi connectivity index (χ3n) is 10.7. The van der Waals surface area contributed by atoms with E-state index in [2.05, 4.69) is 123 Å². The van der Waals surface area contributed by atoms with Crippen LogP contribution in [-0.2, 0) is 23.7 Å². The Balaban J connectivity index is 2.30. The van der Waals surface area contributed by atoms with Crippen molar-refractivity contribution in [2.45, 2.75) is 205 Å². The average Bonchev–Trinajstić information content (AvgIpc) is 3.30. The van der Waals surface area contributed by atoms with E-state index < -0.39 is 43.4 Å². The Bertz CT molecular complexity index is 1340. The molecule has 4 N–H and O–H groups in total. The summed E-state index contributed by atoms with van der Waals surface area (Å²) in [5.74, 6) is -0.377. The highest BCUT2D eigenvalue weighted by atomic mass is 16.7. The molecule has 0 saturated carbocycles. The third-order valence-corrected chi connectivity index (χ3v) is 10.7. The van der Waals surface area contributed by atoms with Crippen LogP contribution >= 0.6 is 0 Å². The van der Waals surface area contributed by atoms with Crippen molar-refractivity contribution in [2.75, 3.05) is 26.4 Å². The molecule has 1 fully saturated rings. The number of aliphatic hydroxyl groups excluding tert-OH is 4. The zero-order valence-electron chi connectivity index (χ0n) is 40.0. The smallest absolute Gasteiger partial charge is 0.306 e. The first kappa shape index (κ1) is 58.9. The summed E-state index contributed by atoms with van der Waals surface area (Å²) in [5.41, 5.74) is 0. The fourth-order valence-corrected chi connectivity index (χ4v) is 6.80. The SMILES string of the molecule is CC/C=C\C/C=C\C/C=C\C/C=C\C/C=C\C/C=C\C/C=C\CCCC(=O)OC(COCCCCCCCCCC/C=C\C/C=C\CCCCC)COC1OC(CO)C(O)C(O)C1O. The molecule has 1 rings (SSSR count). The van der Waals surface area contributed by atoms with Crippen molar-refractivity contribution in [3.8, 4) is 0 Å². The third kappa shape index (κ3) is 35.2. The number of rotatable bonds is 41. The van der Waals surface area contributed by atoms with Crippen LogP contribution in [0.1, 0.15) is 168 Å². The Labute approximate surface area is 389 Å². The number of allylic oxidation sites excluding steroid dienone is 18. The molecular formula is C55H90O9. The number of carbonyl (C=O) groups excluding carboxylic acids is 1. The van der Waals surface area contributed by atoms with Crippen LogP contribution in [0.2, 0.25) is 0 Å². The fraction of sp³-hybridized carbons (Fsp3) is 0.655. The van der Waals surface area contributed by atoms with Crippen molar-refractivity contribution in [3.63, 3.8) is 0 Å². The van der Waals surface area contributed by atoms with Crippen molar-refractivity contribution < 1.29 is 44.2 Å². The van der Waals surface area contributed by atoms with Gasteiger partial charge in [-0.2, -0.15) is 0 Å². The second-order valence-electron chi connectivity index (χ2n) is 16.5. The minimum Gasteiger partial charge on any atom is -0.457 e. The lowest BCUT2D eigenvalue weighted by atomic mass is 9.99. The van der Waals surface area contributed by atoms with Gasteiger partial charge in [-0.05, 0) is 96.3 Å². The first-order chi connectivity index (χ1) is 31.4. The zero-order valence-corrected chi connectivity index (χ0v) is 40.0. The molecule has 1 aliphatic rings. The molecule has 364 valence electrons. The molecule has 1 heterocycles. The molecule has 9 nitrogen and oxygen atoms in total. The molecule has 0 aromatic carbocycles. The van der Waals surface area contributed by atoms with Gasteiger partial charge in [-0.15, -0.1) is 0 Å². The minimum atomic E-state index is -1.56. The molecule has 9 heteroatoms. The maximum atomic E-state index is 12.8. The second kappa shape index (κ2) is 45.0. The first-order valence-corrected chi connectivity index (χ1v) is 25.0. The summed E-state index contributed by atoms with van der Waals surface area (Å²) in [7, 11) is 0. The van der Waals surface area contributed by atoms with Crippen LogP contribution in [0.25, 0.3) is 0 Å². The van der Waals surface area contributed by atoms with Gasteiger partial charge >= 0.3 is 5.97 Å². The van der Waals surface area contributed by atoms with Gasteiger partial charge in [0.1, 0.15) is 30.5 Å². The number of unbranched alkanes of at least 4 members (excludes halogenated alkanes) is 12. The van der Waals surface area contributed by atoms with Crippen LogP contribution in [0.15, 0.2) is 109 Å². The van der Waals surface area contributed by atoms with Crippen LogP contribution in [0.4, 0.5) is 0 Å². The second-order valence-corrected chi connectivity index (χ2v) is 16.5. The predicted octanol–water partition coefficient (Wildman–Crippen LogP) is 12.1. The van der Waals surface area contributed by atoms with Gasteiger partial charge in [0.25, 0.3) is 0 Å². The quantitative estimate of drug-likeness (QED) is 0.0269. The lowest BCUT2D eigenvalue weighted by Gasteiger charge is -2.39. The van der Waals surface area contributed by atoms with E-state index in [0.29, 0.717) is 13.0 Å². The molecule has 1 saturated heterocycles. The number of aliphatic hydroxyl groups is 4. The number of hydrogen-bond acceptors (Lipinski definition) is 9. The Kier molecular flexibility index (Phi) is 41.4. The monoisotopic (exact) mass is 895 g/mol. The number of hydrogen-bond donors (Lipinski definition) is 4. The predicted molar refractivity (Wildman–Crippen MR) is 265 cm³/mol. The molecule has 0 amide bonds. The van der Waals surface area contributed by atoms with Crippen LogP contribution in [0, 0.1) is 0 Å². The van der Waals surface area contributed by atoms with Gasteiger partial charge in [-0.3, -0.25) is 4.79 Å². The van der Waals surface area contributed by atoms with Crippen LogP contribution in [-0.4, -0.2) is 89.6 Å². The minimum absolute atomic E-state index is 0.110. The molecule has 0 radical (unpaired) electrons. The lowest BCUT2D eigenvalue weighted by molar-refractivity contribution is -0.305. The Morgan fingerprint density at radius 2 is 0.953 bits per heavy atom. The van der Waals surface area contributed by atoms with Gasteiger partial charge in [0.2, 0.25) is 0 Å². The number of carbonyl (C=O) groups is 1. The Morgan fingerprint density at radius 1 is 0.516 bits per heavy atom. The zero-order chi connectivity index (χ0) is 46.4. The maximum absolute atomic E-state index is 12.8. The topological polar surface area (TPSA) is 135 Å². The van der Waals surface area contributed by atoms with E-state index in [4.69, 9.17) is 18.9 Å². The Hall–Kier alpha value is -3.15. The summed E-state index contributed by atoms with van der Waals surface area (Å²) in [6.45, 7) is 4.32. The molecule has 64 heavy (non-hydrogen) atoms. The molecule has 0 aromatic rings. The van der Waals surface area contributed by atoms with E-state index in [0.717, 1.165) is 83.5 Å². The molecule has 0 spiro atoms. The number of esters is 1. The highest BCUT2D eigenvalue weighted by Gasteiger charge is 2.44. The summed E-state index contributed by atoms with van der Waals surface area (Å²) in [6.07, 6.45) is 56.9. The van der Waals surface area contributed by atoms with Crippen molar-refractivity contribution in [3.05, 3.63) is 109 Å². The maximum Gasteiger partial charge on any atom is 0.306 e. The highest BCUT2D eigenvalue weighted by Crippen LogP contribution is 2.22. The molecule has 0 aromatic heterocycles. The van der Waals surface area contributed by atoms with E-state index in [1.165, 1.54) is 57.8 Å². The van der Waals surface area contributed by atoms with Gasteiger partial charge < -0.3 is 39.4 Å². The first-order valence-electron chi connectivity index (χ1n) is 25.0. The summed E-state index contributed by atoms with van der Waals surface area (Å²) in [4.78, 5) is 12.8. The van der Waals surface area contributed by atoms with Crippen molar-refractivity contribution >= 4 is 5.97 Å². The van der Waals surface area contributed by atoms with Crippen molar-refractivity contribution in [2.24, 2.45) is 0 Å². The van der Waals surface area contributed by atoms with E-state index in [1.54, 1.807) is 0 Å². The molecule has 6 atom stereocenters. The average molecular weight is 895 g/mol. The largest absolute Gasteiger partial charge is 0.457 e. The summed E-state index contributed by atoms with van der Waals surface area (Å²) >= 11 is 0. The van der Waals surface area contributed by atoms with E-state index in [-0.39, 0.29) is 25.6 Å². The van der Waals surface area contributed by atoms with Gasteiger partial charge in [0, 0.05) is 13.0 Å². The summed E-state index contributed by atoms with van der Waals surface area (Å²) in [6, 6.07) is 0. The molecular weight excluding hydrogens is 805 g/mol. The van der Waals surface area contributed by atoms with Crippen molar-refractivity contribution in [1.82, 2.24) is 0 Å². The molecule has 6 unspecified atom stereocenters. The Morgan fingerprint density at radius 3 is 1.44 bits per heavy atom. The van der Waals surface area contributed by atoms with Gasteiger partial charge in [0.15, 0.2) is 6.29 Å². The molecule has 1 aliphatic heterocycles. The molecule has 0 bridgehead atoms. The molecule has 0 aliphatic carbocycles. The highest BCUT2D eigenvalue weighted by molar-refractivity contribution is 5.69. The van der Waals surface area contributed by atoms with Gasteiger partial charge in [-0.1, -0.05) is 175 Å². The van der Waals surface area contributed by atoms with E-state index in [9.17, 15) is 25.2 Å². The summed E-state index contributed by atoms with van der Waals surface area (Å²) in [5, 5.41) is 40.2. The van der Waals surface area contributed by atoms with Crippen LogP contribution < -0.4 is 0 Å². The van der Waals surface area contributed by atoms with Crippen molar-refractivity contribution in [1.29, 1.82) is 0 Å². The van der Waals surface area contributed by atoms with Gasteiger partial charge in [-0.25, -0.2) is 0 Å². The lowest BCUT2D eigenvalue weighted by Crippen LogP contribution is -2.59. The van der Waals surface area contributed by atoms with E-state index >= 15 is 0 Å². The standard InChI is InChI=1S/C55H90O9/c1-3-5-7-9-11-13-15-17-19-21-23-24-25-26-27-28-30-32-34-36-38-40-42-44-51(57)63-49(48-62-55-54(60)53(59)52(58)50(46-56)64-55)47-61-45-43-41-39-37-35-33-31-29-22-20-18-16-14-12-10-8-6-4-2/h5,7,11-14,17-20,23-24,26-27,30,32,36,38,49-50,52-56,58-60H,3-4,6,8-10,15-16,21-22,25,28-29,31,33-35,37,39-48H2,1-2H3/b7-5-,13-11-,14-12-,19-17-,20-18-,24-23-,27-26-,32-30-,38-36-. The number of ether oxygens (including phenoxy) is 4. The van der Waals surface area contributed by atoms with E-state index in [1.807, 2.05) is 0 Å². The summed E-state index contributed by atoms with van der Waals surface area (Å²) < 4.78 is 22.8. The van der Waals surface area contributed by atoms with Crippen LogP contribution in [0.5, 0.6) is 0 Å². The normalized spacial score (nSPS) is 20.5. The fourth-order valence-electron chi connectivity index (χ4n) is 6.80. The van der Waals surface area contributed by atoms with Crippen LogP contribution in [0.3, 0.4) is 0 Å².